The van der Waals surface area contributed by atoms with Crippen molar-refractivity contribution < 1.29 is 4.74 Å². The first-order chi connectivity index (χ1) is 9.88. The van der Waals surface area contributed by atoms with Gasteiger partial charge in [0.05, 0.1) is 6.54 Å². The molecule has 0 saturated heterocycles. The maximum atomic E-state index is 5.93. The Kier molecular flexibility index (Phi) is 6.97. The summed E-state index contributed by atoms with van der Waals surface area (Å²) in [4.78, 5) is 6.41. The van der Waals surface area contributed by atoms with Crippen LogP contribution in [0, 0.1) is 0 Å². The molecule has 1 saturated carbocycles. The minimum Gasteiger partial charge on any atom is -0.492 e. The van der Waals surface area contributed by atoms with Gasteiger partial charge in [0.1, 0.15) is 12.4 Å². The van der Waals surface area contributed by atoms with Gasteiger partial charge in [-0.25, -0.2) is 4.99 Å². The Balaban J connectivity index is 0.00000242. The molecule has 2 rings (SSSR count). The quantitative estimate of drug-likeness (QED) is 0.346. The van der Waals surface area contributed by atoms with Crippen LogP contribution in [0.4, 0.5) is 0 Å². The molecular formula is C17H28IN3O. The molecule has 0 radical (unpaired) electrons. The van der Waals surface area contributed by atoms with Gasteiger partial charge < -0.3 is 15.4 Å². The highest BCUT2D eigenvalue weighted by atomic mass is 127. The van der Waals surface area contributed by atoms with Crippen molar-refractivity contribution in [1.82, 2.24) is 4.90 Å². The third-order valence-corrected chi connectivity index (χ3v) is 3.81. The van der Waals surface area contributed by atoms with Crippen molar-refractivity contribution >= 4 is 29.9 Å². The summed E-state index contributed by atoms with van der Waals surface area (Å²) in [5.41, 5.74) is 7.41. The summed E-state index contributed by atoms with van der Waals surface area (Å²) in [5.74, 6) is 1.50. The molecule has 22 heavy (non-hydrogen) atoms. The van der Waals surface area contributed by atoms with E-state index >= 15 is 0 Å². The van der Waals surface area contributed by atoms with Gasteiger partial charge in [-0.05, 0) is 36.0 Å². The lowest BCUT2D eigenvalue weighted by atomic mass is 9.87. The van der Waals surface area contributed by atoms with Crippen molar-refractivity contribution in [1.29, 1.82) is 0 Å². The fraction of sp³-hybridized carbons (Fsp3) is 0.588. The third-order valence-electron chi connectivity index (χ3n) is 3.81. The SMILES string of the molecule is CN(C(N)=NCCOc1ccc(C(C)(C)C)cc1)C1CC1.I. The van der Waals surface area contributed by atoms with Crippen LogP contribution < -0.4 is 10.5 Å². The predicted octanol–water partition coefficient (Wildman–Crippen LogP) is 3.39. The number of benzene rings is 1. The molecule has 1 aliphatic carbocycles. The molecule has 1 aliphatic rings. The average molecular weight is 417 g/mol. The average Bonchev–Trinajstić information content (AvgIpc) is 3.26. The van der Waals surface area contributed by atoms with Crippen molar-refractivity contribution in [3.8, 4) is 5.75 Å². The summed E-state index contributed by atoms with van der Waals surface area (Å²) in [6.07, 6.45) is 2.45. The van der Waals surface area contributed by atoms with Gasteiger partial charge in [-0.1, -0.05) is 32.9 Å². The summed E-state index contributed by atoms with van der Waals surface area (Å²) in [7, 11) is 2.00. The van der Waals surface area contributed by atoms with Crippen LogP contribution in [-0.4, -0.2) is 37.1 Å². The number of aliphatic imine (C=N–C) groups is 1. The Labute approximate surface area is 151 Å². The molecule has 0 bridgehead atoms. The Morgan fingerprint density at radius 1 is 1.27 bits per heavy atom. The molecule has 0 aromatic heterocycles. The zero-order valence-electron chi connectivity index (χ0n) is 14.0. The van der Waals surface area contributed by atoms with Gasteiger partial charge in [-0.15, -0.1) is 24.0 Å². The molecule has 2 N–H and O–H groups in total. The van der Waals surface area contributed by atoms with E-state index in [0.29, 0.717) is 25.2 Å². The highest BCUT2D eigenvalue weighted by Gasteiger charge is 2.27. The Morgan fingerprint density at radius 2 is 1.86 bits per heavy atom. The molecule has 0 spiro atoms. The number of rotatable bonds is 5. The minimum atomic E-state index is 0. The van der Waals surface area contributed by atoms with E-state index in [1.807, 2.05) is 19.2 Å². The number of nitrogens with zero attached hydrogens (tertiary/aromatic N) is 2. The smallest absolute Gasteiger partial charge is 0.191 e. The van der Waals surface area contributed by atoms with Gasteiger partial charge in [0.2, 0.25) is 0 Å². The zero-order chi connectivity index (χ0) is 15.5. The number of nitrogens with two attached hydrogens (primary N) is 1. The number of guanidine groups is 1. The maximum Gasteiger partial charge on any atom is 0.191 e. The van der Waals surface area contributed by atoms with Crippen LogP contribution in [0.15, 0.2) is 29.3 Å². The van der Waals surface area contributed by atoms with E-state index < -0.39 is 0 Å². The molecule has 0 heterocycles. The first-order valence-electron chi connectivity index (χ1n) is 7.64. The minimum absolute atomic E-state index is 0. The van der Waals surface area contributed by atoms with Gasteiger partial charge in [0.25, 0.3) is 0 Å². The fourth-order valence-corrected chi connectivity index (χ4v) is 2.14. The molecule has 124 valence electrons. The van der Waals surface area contributed by atoms with Crippen molar-refractivity contribution in [3.63, 3.8) is 0 Å². The van der Waals surface area contributed by atoms with Crippen molar-refractivity contribution in [2.24, 2.45) is 10.7 Å². The van der Waals surface area contributed by atoms with Gasteiger partial charge in [-0.3, -0.25) is 0 Å². The molecular weight excluding hydrogens is 389 g/mol. The van der Waals surface area contributed by atoms with E-state index in [2.05, 4.69) is 42.8 Å². The van der Waals surface area contributed by atoms with Gasteiger partial charge in [0, 0.05) is 13.1 Å². The highest BCUT2D eigenvalue weighted by Crippen LogP contribution is 2.25. The first kappa shape index (κ1) is 19.1. The van der Waals surface area contributed by atoms with Crippen LogP contribution in [0.2, 0.25) is 0 Å². The normalized spacial score (nSPS) is 15.2. The Bertz CT molecular complexity index is 490. The summed E-state index contributed by atoms with van der Waals surface area (Å²) < 4.78 is 5.70. The third kappa shape index (κ3) is 5.66. The lowest BCUT2D eigenvalue weighted by Gasteiger charge is -2.19. The second-order valence-corrected chi connectivity index (χ2v) is 6.70. The van der Waals surface area contributed by atoms with Crippen LogP contribution >= 0.6 is 24.0 Å². The van der Waals surface area contributed by atoms with E-state index in [9.17, 15) is 0 Å². The maximum absolute atomic E-state index is 5.93. The molecule has 1 fully saturated rings. The zero-order valence-corrected chi connectivity index (χ0v) is 16.3. The monoisotopic (exact) mass is 417 g/mol. The number of hydrogen-bond acceptors (Lipinski definition) is 2. The van der Waals surface area contributed by atoms with Crippen LogP contribution in [0.1, 0.15) is 39.2 Å². The molecule has 4 nitrogen and oxygen atoms in total. The topological polar surface area (TPSA) is 50.8 Å². The number of ether oxygens (including phenoxy) is 1. The first-order valence-corrected chi connectivity index (χ1v) is 7.64. The summed E-state index contributed by atoms with van der Waals surface area (Å²) in [6, 6.07) is 8.87. The van der Waals surface area contributed by atoms with Crippen molar-refractivity contribution in [2.75, 3.05) is 20.2 Å². The predicted molar refractivity (Wildman–Crippen MR) is 103 cm³/mol. The van der Waals surface area contributed by atoms with Crippen LogP contribution in [0.5, 0.6) is 5.75 Å². The fourth-order valence-electron chi connectivity index (χ4n) is 2.14. The molecule has 1 aromatic rings. The van der Waals surface area contributed by atoms with Crippen LogP contribution in [0.3, 0.4) is 0 Å². The van der Waals surface area contributed by atoms with E-state index in [-0.39, 0.29) is 29.4 Å². The van der Waals surface area contributed by atoms with Gasteiger partial charge >= 0.3 is 0 Å². The van der Waals surface area contributed by atoms with E-state index in [4.69, 9.17) is 10.5 Å². The Morgan fingerprint density at radius 3 is 2.36 bits per heavy atom. The molecule has 1 aromatic carbocycles. The van der Waals surface area contributed by atoms with E-state index in [1.165, 1.54) is 18.4 Å². The van der Waals surface area contributed by atoms with Crippen molar-refractivity contribution in [2.45, 2.75) is 45.1 Å². The highest BCUT2D eigenvalue weighted by molar-refractivity contribution is 14.0. The standard InChI is InChI=1S/C17H27N3O.HI/c1-17(2,3)13-5-9-15(10-6-13)21-12-11-19-16(18)20(4)14-7-8-14;/h5-6,9-10,14H,7-8,11-12H2,1-4H3,(H2,18,19);1H. The second-order valence-electron chi connectivity index (χ2n) is 6.70. The second kappa shape index (κ2) is 8.04. The van der Waals surface area contributed by atoms with E-state index in [0.717, 1.165) is 5.75 Å². The van der Waals surface area contributed by atoms with Gasteiger partial charge in [-0.2, -0.15) is 0 Å². The summed E-state index contributed by atoms with van der Waals surface area (Å²) >= 11 is 0. The molecule has 0 atom stereocenters. The van der Waals surface area contributed by atoms with Crippen LogP contribution in [0.25, 0.3) is 0 Å². The van der Waals surface area contributed by atoms with Gasteiger partial charge in [0.15, 0.2) is 5.96 Å². The Hall–Kier alpha value is -0.980. The molecule has 0 amide bonds. The lowest BCUT2D eigenvalue weighted by molar-refractivity contribution is 0.327. The largest absolute Gasteiger partial charge is 0.492 e. The molecule has 5 heteroatoms. The van der Waals surface area contributed by atoms with Crippen molar-refractivity contribution in [3.05, 3.63) is 29.8 Å². The summed E-state index contributed by atoms with van der Waals surface area (Å²) in [6.45, 7) is 7.75. The summed E-state index contributed by atoms with van der Waals surface area (Å²) in [5, 5.41) is 0. The van der Waals surface area contributed by atoms with Crippen LogP contribution in [-0.2, 0) is 5.41 Å². The number of halogens is 1. The number of hydrogen-bond donors (Lipinski definition) is 1. The lowest BCUT2D eigenvalue weighted by Crippen LogP contribution is -2.36. The molecule has 0 aliphatic heterocycles. The molecule has 0 unspecified atom stereocenters. The van der Waals surface area contributed by atoms with E-state index in [1.54, 1.807) is 0 Å².